The minimum atomic E-state index is -3.09. The van der Waals surface area contributed by atoms with E-state index < -0.39 is 30.4 Å². The number of methoxy groups -OCH3 is 2. The van der Waals surface area contributed by atoms with Crippen molar-refractivity contribution in [2.75, 3.05) is 40.6 Å². The molecule has 0 saturated heterocycles. The van der Waals surface area contributed by atoms with Crippen molar-refractivity contribution in [2.24, 2.45) is 10.9 Å². The van der Waals surface area contributed by atoms with Crippen LogP contribution < -0.4 is 4.74 Å². The van der Waals surface area contributed by atoms with E-state index in [1.165, 1.54) is 32.4 Å². The summed E-state index contributed by atoms with van der Waals surface area (Å²) in [6, 6.07) is 5.99. The summed E-state index contributed by atoms with van der Waals surface area (Å²) in [5.74, 6) is -3.63. The summed E-state index contributed by atoms with van der Waals surface area (Å²) in [7, 11) is 2.92. The number of hydrogen-bond donors (Lipinski definition) is 0. The number of esters is 2. The second-order valence-electron chi connectivity index (χ2n) is 6.91. The van der Waals surface area contributed by atoms with Crippen LogP contribution in [0.3, 0.4) is 0 Å². The van der Waals surface area contributed by atoms with E-state index in [9.17, 15) is 18.4 Å². The summed E-state index contributed by atoms with van der Waals surface area (Å²) >= 11 is 0. The molecule has 176 valence electrons. The molecule has 32 heavy (non-hydrogen) atoms. The van der Waals surface area contributed by atoms with E-state index in [0.717, 1.165) is 0 Å². The maximum atomic E-state index is 13.1. The van der Waals surface area contributed by atoms with E-state index in [1.54, 1.807) is 19.9 Å². The molecule has 1 heterocycles. The highest BCUT2D eigenvalue weighted by molar-refractivity contribution is 6.07. The molecule has 1 aromatic rings. The number of halogens is 2. The lowest BCUT2D eigenvalue weighted by atomic mass is 9.75. The maximum absolute atomic E-state index is 13.1. The number of aliphatic imine (C=N–C) groups is 1. The molecule has 0 fully saturated rings. The molecule has 10 heteroatoms. The largest absolute Gasteiger partial charge is 0.463 e. The summed E-state index contributed by atoms with van der Waals surface area (Å²) < 4.78 is 51.2. The topological polar surface area (TPSA) is 92.7 Å². The number of ether oxygens (including phenoxy) is 5. The molecule has 0 saturated carbocycles. The Balaban J connectivity index is 2.56. The Morgan fingerprint density at radius 1 is 1.00 bits per heavy atom. The molecule has 0 aliphatic carbocycles. The first-order valence-corrected chi connectivity index (χ1v) is 9.93. The van der Waals surface area contributed by atoms with Crippen LogP contribution in [0.1, 0.15) is 25.3 Å². The number of benzene rings is 1. The van der Waals surface area contributed by atoms with Gasteiger partial charge in [-0.05, 0) is 19.9 Å². The van der Waals surface area contributed by atoms with Crippen LogP contribution in [0.2, 0.25) is 0 Å². The smallest absolute Gasteiger partial charge is 0.387 e. The van der Waals surface area contributed by atoms with Crippen LogP contribution in [0.15, 0.2) is 40.5 Å². The van der Waals surface area contributed by atoms with Gasteiger partial charge >= 0.3 is 18.6 Å². The Bertz CT molecular complexity index is 870. The van der Waals surface area contributed by atoms with Crippen molar-refractivity contribution in [1.82, 2.24) is 0 Å². The molecule has 0 spiro atoms. The number of carbonyl (C=O) groups is 2. The lowest BCUT2D eigenvalue weighted by molar-refractivity contribution is -0.148. The fraction of sp³-hybridized carbons (Fsp3) is 0.500. The quantitative estimate of drug-likeness (QED) is 0.374. The second kappa shape index (κ2) is 12.3. The number of allylic oxidation sites excluding steroid dienone is 1. The fourth-order valence-electron chi connectivity index (χ4n) is 3.50. The number of rotatable bonds is 11. The molecule has 0 aromatic heterocycles. The zero-order valence-electron chi connectivity index (χ0n) is 18.4. The van der Waals surface area contributed by atoms with Crippen molar-refractivity contribution >= 4 is 17.7 Å². The Labute approximate surface area is 185 Å². The monoisotopic (exact) mass is 455 g/mol. The molecule has 1 aromatic carbocycles. The Hall–Kier alpha value is -2.85. The normalized spacial score (nSPS) is 18.4. The highest BCUT2D eigenvalue weighted by atomic mass is 19.3. The van der Waals surface area contributed by atoms with Crippen LogP contribution in [0.5, 0.6) is 5.75 Å². The van der Waals surface area contributed by atoms with Gasteiger partial charge in [0, 0.05) is 37.1 Å². The molecule has 2 unspecified atom stereocenters. The SMILES string of the molecule is COCCOC(=O)C1=C(C)N=C(C)C(C(=O)OCCOC)C1c1ccccc1OC(F)F. The molecule has 0 N–H and O–H groups in total. The number of alkyl halides is 2. The number of carbonyl (C=O) groups excluding carboxylic acids is 2. The standard InChI is InChI=1S/C22H27F2NO7/c1-13-17(20(26)30-11-9-28-3)19(15-7-5-6-8-16(15)32-22(23)24)18(14(2)25-13)21(27)31-12-10-29-4/h5-8,17,19,22H,9-12H2,1-4H3. The number of hydrogen-bond acceptors (Lipinski definition) is 8. The highest BCUT2D eigenvalue weighted by Gasteiger charge is 2.43. The number of nitrogens with zero attached hydrogens (tertiary/aromatic N) is 1. The third kappa shape index (κ3) is 6.33. The van der Waals surface area contributed by atoms with E-state index in [2.05, 4.69) is 9.73 Å². The molecular weight excluding hydrogens is 428 g/mol. The van der Waals surface area contributed by atoms with Crippen LogP contribution in [-0.2, 0) is 28.5 Å². The Morgan fingerprint density at radius 3 is 2.25 bits per heavy atom. The van der Waals surface area contributed by atoms with E-state index in [1.807, 2.05) is 0 Å². The van der Waals surface area contributed by atoms with Crippen molar-refractivity contribution in [3.63, 3.8) is 0 Å². The van der Waals surface area contributed by atoms with Gasteiger partial charge in [-0.25, -0.2) is 4.79 Å². The minimum Gasteiger partial charge on any atom is -0.463 e. The van der Waals surface area contributed by atoms with E-state index in [4.69, 9.17) is 18.9 Å². The fourth-order valence-corrected chi connectivity index (χ4v) is 3.50. The summed E-state index contributed by atoms with van der Waals surface area (Å²) in [6.45, 7) is 0.402. The van der Waals surface area contributed by atoms with Crippen molar-refractivity contribution in [2.45, 2.75) is 26.4 Å². The zero-order chi connectivity index (χ0) is 23.7. The van der Waals surface area contributed by atoms with Crippen molar-refractivity contribution in [3.8, 4) is 5.75 Å². The minimum absolute atomic E-state index is 0.0165. The average Bonchev–Trinajstić information content (AvgIpc) is 2.73. The van der Waals surface area contributed by atoms with Gasteiger partial charge in [-0.1, -0.05) is 18.2 Å². The van der Waals surface area contributed by atoms with Gasteiger partial charge in [-0.2, -0.15) is 8.78 Å². The van der Waals surface area contributed by atoms with Gasteiger partial charge in [0.1, 0.15) is 24.9 Å². The lowest BCUT2D eigenvalue weighted by Gasteiger charge is -2.32. The molecule has 8 nitrogen and oxygen atoms in total. The van der Waals surface area contributed by atoms with Crippen LogP contribution >= 0.6 is 0 Å². The van der Waals surface area contributed by atoms with Crippen LogP contribution in [0, 0.1) is 5.92 Å². The third-order valence-electron chi connectivity index (χ3n) is 4.82. The summed E-state index contributed by atoms with van der Waals surface area (Å²) in [5, 5.41) is 0. The van der Waals surface area contributed by atoms with Crippen LogP contribution in [0.25, 0.3) is 0 Å². The molecule has 2 rings (SSSR count). The van der Waals surface area contributed by atoms with Crippen molar-refractivity contribution < 1.29 is 42.1 Å². The van der Waals surface area contributed by atoms with Gasteiger partial charge in [0.2, 0.25) is 0 Å². The summed E-state index contributed by atoms with van der Waals surface area (Å²) in [4.78, 5) is 30.3. The summed E-state index contributed by atoms with van der Waals surface area (Å²) in [5.41, 5.74) is 0.956. The molecule has 0 bridgehead atoms. The molecule has 2 atom stereocenters. The Kier molecular flexibility index (Phi) is 9.73. The van der Waals surface area contributed by atoms with E-state index in [-0.39, 0.29) is 43.3 Å². The van der Waals surface area contributed by atoms with Crippen LogP contribution in [-0.4, -0.2) is 64.9 Å². The third-order valence-corrected chi connectivity index (χ3v) is 4.82. The van der Waals surface area contributed by atoms with E-state index in [0.29, 0.717) is 11.4 Å². The predicted octanol–water partition coefficient (Wildman–Crippen LogP) is 3.12. The van der Waals surface area contributed by atoms with Gasteiger partial charge in [0.05, 0.1) is 18.8 Å². The lowest BCUT2D eigenvalue weighted by Crippen LogP contribution is -2.37. The van der Waals surface area contributed by atoms with Gasteiger partial charge in [-0.3, -0.25) is 9.79 Å². The van der Waals surface area contributed by atoms with Gasteiger partial charge in [0.15, 0.2) is 0 Å². The molecular formula is C22H27F2NO7. The van der Waals surface area contributed by atoms with Gasteiger partial charge in [0.25, 0.3) is 0 Å². The first kappa shape index (κ1) is 25.4. The maximum Gasteiger partial charge on any atom is 0.387 e. The molecule has 0 amide bonds. The van der Waals surface area contributed by atoms with Crippen molar-refractivity contribution in [3.05, 3.63) is 41.1 Å². The first-order chi connectivity index (χ1) is 15.3. The second-order valence-corrected chi connectivity index (χ2v) is 6.91. The van der Waals surface area contributed by atoms with E-state index >= 15 is 0 Å². The average molecular weight is 455 g/mol. The Morgan fingerprint density at radius 2 is 1.62 bits per heavy atom. The first-order valence-electron chi connectivity index (χ1n) is 9.93. The summed E-state index contributed by atoms with van der Waals surface area (Å²) in [6.07, 6.45) is 0. The number of para-hydroxylation sites is 1. The molecule has 1 aliphatic heterocycles. The van der Waals surface area contributed by atoms with Gasteiger partial charge in [-0.15, -0.1) is 0 Å². The molecule has 0 radical (unpaired) electrons. The van der Waals surface area contributed by atoms with Crippen molar-refractivity contribution in [1.29, 1.82) is 0 Å². The molecule has 1 aliphatic rings. The zero-order valence-corrected chi connectivity index (χ0v) is 18.4. The van der Waals surface area contributed by atoms with Crippen LogP contribution in [0.4, 0.5) is 8.78 Å². The van der Waals surface area contributed by atoms with Gasteiger partial charge < -0.3 is 23.7 Å². The highest BCUT2D eigenvalue weighted by Crippen LogP contribution is 2.43. The predicted molar refractivity (Wildman–Crippen MR) is 111 cm³/mol.